The maximum atomic E-state index is 5.78. The Morgan fingerprint density at radius 3 is 2.69 bits per heavy atom. The second-order valence-electron chi connectivity index (χ2n) is 4.87. The Labute approximate surface area is 106 Å². The standard InChI is InChI=1S/C12H20BrN3/c1-5-12(3,4)7-16-11-10(13)8(2)9(14)6-15-11/h6H,5,7,14H2,1-4H3,(H,15,16). The quantitative estimate of drug-likeness (QED) is 0.889. The van der Waals surface area contributed by atoms with Crippen LogP contribution >= 0.6 is 15.9 Å². The number of nitrogens with zero attached hydrogens (tertiary/aromatic N) is 1. The van der Waals surface area contributed by atoms with Gasteiger partial charge in [0.1, 0.15) is 5.82 Å². The zero-order valence-corrected chi connectivity index (χ0v) is 12.0. The van der Waals surface area contributed by atoms with Crippen LogP contribution < -0.4 is 11.1 Å². The van der Waals surface area contributed by atoms with Crippen molar-refractivity contribution in [3.8, 4) is 0 Å². The number of nitrogen functional groups attached to an aromatic ring is 1. The van der Waals surface area contributed by atoms with Gasteiger partial charge in [0.15, 0.2) is 0 Å². The van der Waals surface area contributed by atoms with Gasteiger partial charge in [-0.25, -0.2) is 4.98 Å². The molecule has 1 heterocycles. The van der Waals surface area contributed by atoms with Crippen LogP contribution in [-0.4, -0.2) is 11.5 Å². The van der Waals surface area contributed by atoms with E-state index < -0.39 is 0 Å². The zero-order valence-electron chi connectivity index (χ0n) is 10.4. The molecule has 0 unspecified atom stereocenters. The van der Waals surface area contributed by atoms with Crippen LogP contribution in [0.4, 0.5) is 11.5 Å². The molecular weight excluding hydrogens is 266 g/mol. The fourth-order valence-corrected chi connectivity index (χ4v) is 1.63. The van der Waals surface area contributed by atoms with Crippen molar-refractivity contribution in [2.24, 2.45) is 5.41 Å². The summed E-state index contributed by atoms with van der Waals surface area (Å²) in [6, 6.07) is 0. The van der Waals surface area contributed by atoms with Crippen LogP contribution in [0, 0.1) is 12.3 Å². The first kappa shape index (κ1) is 13.3. The van der Waals surface area contributed by atoms with Crippen LogP contribution in [0.25, 0.3) is 0 Å². The van der Waals surface area contributed by atoms with Gasteiger partial charge in [0, 0.05) is 6.54 Å². The summed E-state index contributed by atoms with van der Waals surface area (Å²) in [5, 5.41) is 3.36. The van der Waals surface area contributed by atoms with Crippen LogP contribution in [-0.2, 0) is 0 Å². The molecule has 3 N–H and O–H groups in total. The lowest BCUT2D eigenvalue weighted by Crippen LogP contribution is -2.22. The van der Waals surface area contributed by atoms with E-state index >= 15 is 0 Å². The SMILES string of the molecule is CCC(C)(C)CNc1ncc(N)c(C)c1Br. The number of rotatable bonds is 4. The van der Waals surface area contributed by atoms with E-state index in [1.54, 1.807) is 6.20 Å². The van der Waals surface area contributed by atoms with Gasteiger partial charge in [-0.05, 0) is 40.3 Å². The summed E-state index contributed by atoms with van der Waals surface area (Å²) in [5.74, 6) is 0.869. The van der Waals surface area contributed by atoms with Gasteiger partial charge in [-0.1, -0.05) is 20.8 Å². The van der Waals surface area contributed by atoms with Crippen LogP contribution in [0.1, 0.15) is 32.8 Å². The minimum atomic E-state index is 0.274. The molecule has 90 valence electrons. The van der Waals surface area contributed by atoms with Gasteiger partial charge < -0.3 is 11.1 Å². The highest BCUT2D eigenvalue weighted by atomic mass is 79.9. The molecule has 0 fully saturated rings. The highest BCUT2D eigenvalue weighted by Gasteiger charge is 2.16. The van der Waals surface area contributed by atoms with E-state index in [0.29, 0.717) is 5.69 Å². The van der Waals surface area contributed by atoms with Crippen molar-refractivity contribution >= 4 is 27.4 Å². The van der Waals surface area contributed by atoms with E-state index in [9.17, 15) is 0 Å². The highest BCUT2D eigenvalue weighted by Crippen LogP contribution is 2.29. The predicted molar refractivity (Wildman–Crippen MR) is 73.6 cm³/mol. The van der Waals surface area contributed by atoms with Crippen molar-refractivity contribution in [3.05, 3.63) is 16.2 Å². The third kappa shape index (κ3) is 3.11. The lowest BCUT2D eigenvalue weighted by atomic mass is 9.90. The molecule has 1 aromatic heterocycles. The van der Waals surface area contributed by atoms with Gasteiger partial charge >= 0.3 is 0 Å². The Hall–Kier alpha value is -0.770. The average molecular weight is 286 g/mol. The summed E-state index contributed by atoms with van der Waals surface area (Å²) in [6.45, 7) is 9.55. The van der Waals surface area contributed by atoms with Gasteiger partial charge in [-0.2, -0.15) is 0 Å². The van der Waals surface area contributed by atoms with E-state index in [0.717, 1.165) is 28.8 Å². The second kappa shape index (κ2) is 5.04. The monoisotopic (exact) mass is 285 g/mol. The lowest BCUT2D eigenvalue weighted by molar-refractivity contribution is 0.376. The Kier molecular flexibility index (Phi) is 4.19. The first-order valence-corrected chi connectivity index (χ1v) is 6.31. The van der Waals surface area contributed by atoms with Crippen molar-refractivity contribution in [1.82, 2.24) is 4.98 Å². The molecule has 0 aliphatic heterocycles. The molecular formula is C12H20BrN3. The molecule has 0 radical (unpaired) electrons. The van der Waals surface area contributed by atoms with E-state index in [4.69, 9.17) is 5.73 Å². The fourth-order valence-electron chi connectivity index (χ4n) is 1.16. The first-order valence-electron chi connectivity index (χ1n) is 5.52. The third-order valence-corrected chi connectivity index (χ3v) is 3.96. The van der Waals surface area contributed by atoms with Crippen molar-refractivity contribution in [2.75, 3.05) is 17.6 Å². The third-order valence-electron chi connectivity index (χ3n) is 2.99. The molecule has 0 aliphatic rings. The largest absolute Gasteiger partial charge is 0.397 e. The smallest absolute Gasteiger partial charge is 0.140 e. The molecule has 1 aromatic rings. The molecule has 0 amide bonds. The molecule has 0 aromatic carbocycles. The predicted octanol–water partition coefficient (Wildman–Crippen LogP) is 3.58. The second-order valence-corrected chi connectivity index (χ2v) is 5.67. The van der Waals surface area contributed by atoms with E-state index in [-0.39, 0.29) is 5.41 Å². The first-order chi connectivity index (χ1) is 7.37. The maximum absolute atomic E-state index is 5.78. The number of anilines is 2. The Balaban J connectivity index is 2.80. The summed E-state index contributed by atoms with van der Waals surface area (Å²) < 4.78 is 0.958. The van der Waals surface area contributed by atoms with Gasteiger partial charge in [-0.15, -0.1) is 0 Å². The molecule has 0 atom stereocenters. The molecule has 3 nitrogen and oxygen atoms in total. The van der Waals surface area contributed by atoms with Crippen LogP contribution in [0.5, 0.6) is 0 Å². The molecule has 0 spiro atoms. The van der Waals surface area contributed by atoms with Crippen molar-refractivity contribution in [3.63, 3.8) is 0 Å². The summed E-state index contributed by atoms with van der Waals surface area (Å²) in [6.07, 6.45) is 2.83. The van der Waals surface area contributed by atoms with E-state index in [1.807, 2.05) is 6.92 Å². The van der Waals surface area contributed by atoms with Gasteiger partial charge in [0.2, 0.25) is 0 Å². The number of nitrogens with one attached hydrogen (secondary N) is 1. The topological polar surface area (TPSA) is 50.9 Å². The van der Waals surface area contributed by atoms with Crippen LogP contribution in [0.3, 0.4) is 0 Å². The molecule has 0 bridgehead atoms. The number of hydrogen-bond acceptors (Lipinski definition) is 3. The van der Waals surface area contributed by atoms with Crippen molar-refractivity contribution in [1.29, 1.82) is 0 Å². The molecule has 0 aliphatic carbocycles. The average Bonchev–Trinajstić information content (AvgIpc) is 2.25. The number of halogens is 1. The van der Waals surface area contributed by atoms with E-state index in [2.05, 4.69) is 47.0 Å². The number of pyridine rings is 1. The molecule has 0 saturated heterocycles. The summed E-state index contributed by atoms with van der Waals surface area (Å²) >= 11 is 3.52. The summed E-state index contributed by atoms with van der Waals surface area (Å²) in [5.41, 5.74) is 7.80. The normalized spacial score (nSPS) is 11.6. The lowest BCUT2D eigenvalue weighted by Gasteiger charge is -2.23. The summed E-state index contributed by atoms with van der Waals surface area (Å²) in [7, 11) is 0. The van der Waals surface area contributed by atoms with Crippen molar-refractivity contribution in [2.45, 2.75) is 34.1 Å². The van der Waals surface area contributed by atoms with Gasteiger partial charge in [-0.3, -0.25) is 0 Å². The number of nitrogens with two attached hydrogens (primary N) is 1. The molecule has 4 heteroatoms. The molecule has 16 heavy (non-hydrogen) atoms. The Bertz CT molecular complexity index is 375. The Morgan fingerprint density at radius 1 is 1.50 bits per heavy atom. The number of hydrogen-bond donors (Lipinski definition) is 2. The fraction of sp³-hybridized carbons (Fsp3) is 0.583. The molecule has 0 saturated carbocycles. The minimum absolute atomic E-state index is 0.274. The van der Waals surface area contributed by atoms with Crippen LogP contribution in [0.2, 0.25) is 0 Å². The molecule has 1 rings (SSSR count). The van der Waals surface area contributed by atoms with Crippen molar-refractivity contribution < 1.29 is 0 Å². The highest BCUT2D eigenvalue weighted by molar-refractivity contribution is 9.10. The number of aromatic nitrogens is 1. The van der Waals surface area contributed by atoms with Crippen LogP contribution in [0.15, 0.2) is 10.7 Å². The van der Waals surface area contributed by atoms with Gasteiger partial charge in [0.05, 0.1) is 16.4 Å². The summed E-state index contributed by atoms with van der Waals surface area (Å²) in [4.78, 5) is 4.29. The van der Waals surface area contributed by atoms with Gasteiger partial charge in [0.25, 0.3) is 0 Å². The minimum Gasteiger partial charge on any atom is -0.397 e. The van der Waals surface area contributed by atoms with E-state index in [1.165, 1.54) is 0 Å². The Morgan fingerprint density at radius 2 is 2.12 bits per heavy atom. The zero-order chi connectivity index (χ0) is 12.3. The maximum Gasteiger partial charge on any atom is 0.140 e.